The molecule has 0 aliphatic heterocycles. The summed E-state index contributed by atoms with van der Waals surface area (Å²) >= 11 is 1.02. The van der Waals surface area contributed by atoms with E-state index in [1.165, 1.54) is 12.1 Å². The number of nitrogens with zero attached hydrogens (tertiary/aromatic N) is 1. The average Bonchev–Trinajstić information content (AvgIpc) is 2.87. The number of aromatic nitrogens is 1. The highest BCUT2D eigenvalue weighted by atomic mass is 32.2. The van der Waals surface area contributed by atoms with Gasteiger partial charge in [-0.3, -0.25) is 5.43 Å². The van der Waals surface area contributed by atoms with Crippen LogP contribution in [-0.2, 0) is 14.8 Å². The number of hydrazine groups is 1. The first-order chi connectivity index (χ1) is 10.8. The SMILES string of the molecule is CCOC(=O)c1sc(NNS(=O)(=O)c2ccc(C)cc2)nc1C. The van der Waals surface area contributed by atoms with Crippen LogP contribution in [0.5, 0.6) is 0 Å². The molecule has 7 nitrogen and oxygen atoms in total. The highest BCUT2D eigenvalue weighted by molar-refractivity contribution is 7.89. The van der Waals surface area contributed by atoms with Crippen LogP contribution in [0.15, 0.2) is 29.2 Å². The first kappa shape index (κ1) is 17.4. The number of hydrogen-bond donors (Lipinski definition) is 2. The number of carbonyl (C=O) groups excluding carboxylic acids is 1. The average molecular weight is 355 g/mol. The Hall–Kier alpha value is -1.97. The van der Waals surface area contributed by atoms with Gasteiger partial charge in [-0.05, 0) is 32.9 Å². The molecule has 0 amide bonds. The Morgan fingerprint density at radius 1 is 1.26 bits per heavy atom. The van der Waals surface area contributed by atoms with Crippen molar-refractivity contribution < 1.29 is 17.9 Å². The van der Waals surface area contributed by atoms with Gasteiger partial charge in [-0.15, -0.1) is 4.83 Å². The lowest BCUT2D eigenvalue weighted by Gasteiger charge is -2.07. The van der Waals surface area contributed by atoms with Crippen LogP contribution in [0.1, 0.15) is 27.9 Å². The van der Waals surface area contributed by atoms with E-state index in [0.29, 0.717) is 10.6 Å². The molecule has 0 atom stereocenters. The van der Waals surface area contributed by atoms with E-state index in [4.69, 9.17) is 4.74 Å². The van der Waals surface area contributed by atoms with Crippen molar-refractivity contribution in [1.29, 1.82) is 0 Å². The maximum atomic E-state index is 12.2. The number of aryl methyl sites for hydroxylation is 2. The van der Waals surface area contributed by atoms with Crippen molar-refractivity contribution in [3.63, 3.8) is 0 Å². The summed E-state index contributed by atoms with van der Waals surface area (Å²) in [6.45, 7) is 5.50. The molecule has 0 fully saturated rings. The lowest BCUT2D eigenvalue weighted by molar-refractivity contribution is 0.0531. The molecule has 1 heterocycles. The molecule has 0 unspecified atom stereocenters. The molecule has 1 aromatic carbocycles. The molecule has 9 heteroatoms. The largest absolute Gasteiger partial charge is 0.462 e. The molecule has 0 saturated carbocycles. The summed E-state index contributed by atoms with van der Waals surface area (Å²) in [7, 11) is -3.72. The number of carbonyl (C=O) groups is 1. The third kappa shape index (κ3) is 4.27. The molecule has 0 aliphatic carbocycles. The van der Waals surface area contributed by atoms with Crippen LogP contribution in [-0.4, -0.2) is 26.0 Å². The molecule has 1 aromatic heterocycles. The number of hydrogen-bond acceptors (Lipinski definition) is 7. The molecule has 0 aliphatic rings. The zero-order chi connectivity index (χ0) is 17.0. The van der Waals surface area contributed by atoms with E-state index in [-0.39, 0.29) is 16.6 Å². The minimum absolute atomic E-state index is 0.134. The topological polar surface area (TPSA) is 97.4 Å². The summed E-state index contributed by atoms with van der Waals surface area (Å²) in [5.41, 5.74) is 3.96. The molecule has 23 heavy (non-hydrogen) atoms. The summed E-state index contributed by atoms with van der Waals surface area (Å²) in [6.07, 6.45) is 0. The van der Waals surface area contributed by atoms with Crippen LogP contribution in [0.3, 0.4) is 0 Å². The van der Waals surface area contributed by atoms with Crippen molar-refractivity contribution >= 4 is 32.5 Å². The number of thiazole rings is 1. The molecule has 2 N–H and O–H groups in total. The third-order valence-corrected chi connectivity index (χ3v) is 5.20. The Morgan fingerprint density at radius 3 is 2.52 bits per heavy atom. The van der Waals surface area contributed by atoms with E-state index in [9.17, 15) is 13.2 Å². The predicted molar refractivity (Wildman–Crippen MR) is 87.9 cm³/mol. The van der Waals surface area contributed by atoms with E-state index >= 15 is 0 Å². The van der Waals surface area contributed by atoms with Crippen molar-refractivity contribution in [1.82, 2.24) is 9.82 Å². The molecular formula is C14H17N3O4S2. The zero-order valence-electron chi connectivity index (χ0n) is 12.9. The van der Waals surface area contributed by atoms with Gasteiger partial charge in [-0.1, -0.05) is 29.0 Å². The van der Waals surface area contributed by atoms with Crippen molar-refractivity contribution in [2.24, 2.45) is 0 Å². The third-order valence-electron chi connectivity index (χ3n) is 2.88. The van der Waals surface area contributed by atoms with Gasteiger partial charge in [0.2, 0.25) is 0 Å². The number of benzene rings is 1. The Kier molecular flexibility index (Phi) is 5.34. The molecule has 0 radical (unpaired) electrons. The number of anilines is 1. The Morgan fingerprint density at radius 2 is 1.91 bits per heavy atom. The van der Waals surface area contributed by atoms with Crippen molar-refractivity contribution in [2.45, 2.75) is 25.7 Å². The number of esters is 1. The van der Waals surface area contributed by atoms with E-state index in [1.807, 2.05) is 6.92 Å². The predicted octanol–water partition coefficient (Wildman–Crippen LogP) is 2.24. The molecule has 2 rings (SSSR count). The summed E-state index contributed by atoms with van der Waals surface area (Å²) in [4.78, 5) is 18.5. The fraction of sp³-hybridized carbons (Fsp3) is 0.286. The molecule has 0 saturated heterocycles. The van der Waals surface area contributed by atoms with E-state index < -0.39 is 16.0 Å². The van der Waals surface area contributed by atoms with E-state index in [2.05, 4.69) is 15.2 Å². The van der Waals surface area contributed by atoms with E-state index in [0.717, 1.165) is 16.9 Å². The number of nitrogens with one attached hydrogen (secondary N) is 2. The van der Waals surface area contributed by atoms with Crippen LogP contribution in [0.2, 0.25) is 0 Å². The number of sulfonamides is 1. The summed E-state index contributed by atoms with van der Waals surface area (Å²) in [6, 6.07) is 6.44. The minimum atomic E-state index is -3.72. The van der Waals surface area contributed by atoms with Crippen LogP contribution in [0, 0.1) is 13.8 Å². The highest BCUT2D eigenvalue weighted by Crippen LogP contribution is 2.23. The van der Waals surface area contributed by atoms with Gasteiger partial charge >= 0.3 is 5.97 Å². The second kappa shape index (κ2) is 7.07. The molecule has 0 spiro atoms. The minimum Gasteiger partial charge on any atom is -0.462 e. The first-order valence-corrected chi connectivity index (χ1v) is 9.12. The van der Waals surface area contributed by atoms with Crippen LogP contribution in [0.4, 0.5) is 5.13 Å². The Labute approximate surface area is 138 Å². The van der Waals surface area contributed by atoms with Gasteiger partial charge in [0.25, 0.3) is 10.0 Å². The van der Waals surface area contributed by atoms with E-state index in [1.54, 1.807) is 26.0 Å². The van der Waals surface area contributed by atoms with Gasteiger partial charge in [0, 0.05) is 0 Å². The maximum absolute atomic E-state index is 12.2. The first-order valence-electron chi connectivity index (χ1n) is 6.82. The Bertz CT molecular complexity index is 798. The van der Waals surface area contributed by atoms with Crippen molar-refractivity contribution in [3.8, 4) is 0 Å². The second-order valence-corrected chi connectivity index (χ2v) is 7.38. The smallest absolute Gasteiger partial charge is 0.350 e. The molecule has 0 bridgehead atoms. The van der Waals surface area contributed by atoms with Gasteiger partial charge in [-0.2, -0.15) is 0 Å². The summed E-state index contributed by atoms with van der Waals surface area (Å²) in [5, 5.41) is 0.265. The standard InChI is InChI=1S/C14H17N3O4S2/c1-4-21-13(18)12-10(3)15-14(22-12)16-17-23(19,20)11-7-5-9(2)6-8-11/h5-8,17H,4H2,1-3H3,(H,15,16). The van der Waals surface area contributed by atoms with Gasteiger partial charge in [0.1, 0.15) is 4.88 Å². The van der Waals surface area contributed by atoms with Gasteiger partial charge in [0.15, 0.2) is 5.13 Å². The zero-order valence-corrected chi connectivity index (χ0v) is 14.5. The van der Waals surface area contributed by atoms with Crippen LogP contribution in [0.25, 0.3) is 0 Å². The monoisotopic (exact) mass is 355 g/mol. The van der Waals surface area contributed by atoms with Crippen LogP contribution >= 0.6 is 11.3 Å². The Balaban J connectivity index is 2.10. The van der Waals surface area contributed by atoms with Gasteiger partial charge in [-0.25, -0.2) is 18.2 Å². The fourth-order valence-electron chi connectivity index (χ4n) is 1.72. The molecular weight excluding hydrogens is 338 g/mol. The normalized spacial score (nSPS) is 11.3. The van der Waals surface area contributed by atoms with Crippen LogP contribution < -0.4 is 10.3 Å². The fourth-order valence-corrected chi connectivity index (χ4v) is 3.44. The quantitative estimate of drug-likeness (QED) is 0.609. The van der Waals surface area contributed by atoms with Gasteiger partial charge < -0.3 is 4.74 Å². The molecule has 2 aromatic rings. The molecule has 124 valence electrons. The van der Waals surface area contributed by atoms with Crippen molar-refractivity contribution in [3.05, 3.63) is 40.4 Å². The number of rotatable bonds is 6. The lowest BCUT2D eigenvalue weighted by atomic mass is 10.2. The second-order valence-electron chi connectivity index (χ2n) is 4.70. The summed E-state index contributed by atoms with van der Waals surface area (Å²) < 4.78 is 29.2. The summed E-state index contributed by atoms with van der Waals surface area (Å²) in [5.74, 6) is -0.475. The highest BCUT2D eigenvalue weighted by Gasteiger charge is 2.18. The lowest BCUT2D eigenvalue weighted by Crippen LogP contribution is -2.29. The number of ether oxygens (including phenoxy) is 1. The maximum Gasteiger partial charge on any atom is 0.350 e. The van der Waals surface area contributed by atoms with Gasteiger partial charge in [0.05, 0.1) is 17.2 Å². The van der Waals surface area contributed by atoms with Crippen molar-refractivity contribution in [2.75, 3.05) is 12.0 Å².